The van der Waals surface area contributed by atoms with Crippen LogP contribution in [0.1, 0.15) is 11.6 Å². The second kappa shape index (κ2) is 3.95. The molecule has 1 atom stereocenters. The zero-order valence-electron chi connectivity index (χ0n) is 8.03. The quantitative estimate of drug-likeness (QED) is 0.804. The summed E-state index contributed by atoms with van der Waals surface area (Å²) in [4.78, 5) is 0. The Hall–Kier alpha value is -1.48. The van der Waals surface area contributed by atoms with Crippen molar-refractivity contribution < 1.29 is 8.78 Å². The second-order valence-electron chi connectivity index (χ2n) is 3.43. The molecule has 0 aliphatic rings. The Bertz CT molecular complexity index is 463. The molecular formula is C12H11F2N. The molecule has 1 nitrogen and oxygen atoms in total. The van der Waals surface area contributed by atoms with Gasteiger partial charge in [0.15, 0.2) is 0 Å². The van der Waals surface area contributed by atoms with Crippen LogP contribution >= 0.6 is 0 Å². The number of benzene rings is 2. The van der Waals surface area contributed by atoms with Gasteiger partial charge in [0.05, 0.1) is 6.04 Å². The van der Waals surface area contributed by atoms with E-state index in [1.54, 1.807) is 12.1 Å². The molecule has 0 aromatic heterocycles. The average Bonchev–Trinajstić information content (AvgIpc) is 2.27. The molecule has 0 saturated heterocycles. The van der Waals surface area contributed by atoms with Gasteiger partial charge in [0.2, 0.25) is 0 Å². The number of nitrogens with two attached hydrogens (primary N) is 1. The molecule has 0 aliphatic carbocycles. The zero-order valence-corrected chi connectivity index (χ0v) is 8.03. The highest BCUT2D eigenvalue weighted by molar-refractivity contribution is 5.86. The van der Waals surface area contributed by atoms with Crippen molar-refractivity contribution >= 4 is 10.8 Å². The van der Waals surface area contributed by atoms with Crippen LogP contribution in [0.2, 0.25) is 0 Å². The summed E-state index contributed by atoms with van der Waals surface area (Å²) in [6.45, 7) is 0. The topological polar surface area (TPSA) is 26.0 Å². The maximum atomic E-state index is 12.5. The average molecular weight is 207 g/mol. The number of hydrogen-bond donors (Lipinski definition) is 1. The first-order valence-electron chi connectivity index (χ1n) is 4.71. The summed E-state index contributed by atoms with van der Waals surface area (Å²) in [7, 11) is 0. The van der Waals surface area contributed by atoms with E-state index in [0.717, 1.165) is 10.8 Å². The van der Waals surface area contributed by atoms with Gasteiger partial charge in [-0.2, -0.15) is 0 Å². The van der Waals surface area contributed by atoms with Crippen molar-refractivity contribution in [3.8, 4) is 0 Å². The Morgan fingerprint density at radius 3 is 2.33 bits per heavy atom. The van der Waals surface area contributed by atoms with E-state index in [0.29, 0.717) is 5.56 Å². The van der Waals surface area contributed by atoms with E-state index in [9.17, 15) is 8.78 Å². The fourth-order valence-electron chi connectivity index (χ4n) is 1.68. The number of rotatable bonds is 2. The van der Waals surface area contributed by atoms with E-state index in [2.05, 4.69) is 0 Å². The normalized spacial score (nSPS) is 13.3. The van der Waals surface area contributed by atoms with E-state index in [1.807, 2.05) is 30.3 Å². The molecule has 0 aliphatic heterocycles. The molecule has 78 valence electrons. The molecule has 1 unspecified atom stereocenters. The monoisotopic (exact) mass is 207 g/mol. The fourth-order valence-corrected chi connectivity index (χ4v) is 1.68. The molecule has 0 bridgehead atoms. The van der Waals surface area contributed by atoms with Crippen LogP contribution in [0, 0.1) is 0 Å². The van der Waals surface area contributed by atoms with Crippen LogP contribution in [-0.4, -0.2) is 6.43 Å². The molecule has 0 spiro atoms. The maximum absolute atomic E-state index is 12.5. The predicted molar refractivity (Wildman–Crippen MR) is 56.9 cm³/mol. The van der Waals surface area contributed by atoms with Crippen LogP contribution in [0.15, 0.2) is 42.5 Å². The lowest BCUT2D eigenvalue weighted by Crippen LogP contribution is -2.19. The standard InChI is InChI=1S/C12H11F2N/c13-12(14)11(15)10-7-3-5-8-4-1-2-6-9(8)10/h1-7,11-12H,15H2. The third kappa shape index (κ3) is 1.83. The van der Waals surface area contributed by atoms with Crippen LogP contribution in [0.5, 0.6) is 0 Å². The Balaban J connectivity index is 2.60. The third-order valence-electron chi connectivity index (χ3n) is 2.45. The summed E-state index contributed by atoms with van der Waals surface area (Å²) < 4.78 is 25.0. The Morgan fingerprint density at radius 2 is 1.60 bits per heavy atom. The van der Waals surface area contributed by atoms with Crippen molar-refractivity contribution in [1.82, 2.24) is 0 Å². The largest absolute Gasteiger partial charge is 0.319 e. The summed E-state index contributed by atoms with van der Waals surface area (Å²) >= 11 is 0. The summed E-state index contributed by atoms with van der Waals surface area (Å²) in [5, 5.41) is 1.74. The van der Waals surface area contributed by atoms with Gasteiger partial charge in [0, 0.05) is 0 Å². The zero-order chi connectivity index (χ0) is 10.8. The lowest BCUT2D eigenvalue weighted by atomic mass is 9.99. The van der Waals surface area contributed by atoms with E-state index < -0.39 is 12.5 Å². The van der Waals surface area contributed by atoms with Crippen LogP contribution in [-0.2, 0) is 0 Å². The first-order valence-corrected chi connectivity index (χ1v) is 4.71. The Morgan fingerprint density at radius 1 is 0.933 bits per heavy atom. The van der Waals surface area contributed by atoms with Gasteiger partial charge in [0.25, 0.3) is 6.43 Å². The van der Waals surface area contributed by atoms with Gasteiger partial charge < -0.3 is 5.73 Å². The number of alkyl halides is 2. The van der Waals surface area contributed by atoms with Crippen LogP contribution in [0.4, 0.5) is 8.78 Å². The Kier molecular flexibility index (Phi) is 2.64. The smallest absolute Gasteiger partial charge is 0.257 e. The second-order valence-corrected chi connectivity index (χ2v) is 3.43. The van der Waals surface area contributed by atoms with Crippen LogP contribution < -0.4 is 5.73 Å². The molecule has 2 N–H and O–H groups in total. The van der Waals surface area contributed by atoms with Crippen LogP contribution in [0.25, 0.3) is 10.8 Å². The fraction of sp³-hybridized carbons (Fsp3) is 0.167. The van der Waals surface area contributed by atoms with Crippen molar-refractivity contribution in [1.29, 1.82) is 0 Å². The number of fused-ring (bicyclic) bond motifs is 1. The van der Waals surface area contributed by atoms with Gasteiger partial charge in [-0.05, 0) is 16.3 Å². The highest BCUT2D eigenvalue weighted by atomic mass is 19.3. The minimum atomic E-state index is -2.53. The molecule has 15 heavy (non-hydrogen) atoms. The van der Waals surface area contributed by atoms with E-state index >= 15 is 0 Å². The first-order chi connectivity index (χ1) is 7.20. The summed E-state index contributed by atoms with van der Waals surface area (Å²) in [6.07, 6.45) is -2.53. The lowest BCUT2D eigenvalue weighted by Gasteiger charge is -2.13. The maximum Gasteiger partial charge on any atom is 0.257 e. The molecule has 0 saturated carbocycles. The molecule has 0 radical (unpaired) electrons. The van der Waals surface area contributed by atoms with Crippen molar-refractivity contribution in [3.63, 3.8) is 0 Å². The lowest BCUT2D eigenvalue weighted by molar-refractivity contribution is 0.117. The van der Waals surface area contributed by atoms with Gasteiger partial charge in [-0.25, -0.2) is 8.78 Å². The van der Waals surface area contributed by atoms with Crippen molar-refractivity contribution in [2.75, 3.05) is 0 Å². The molecule has 0 amide bonds. The minimum Gasteiger partial charge on any atom is -0.319 e. The van der Waals surface area contributed by atoms with E-state index in [1.165, 1.54) is 0 Å². The summed E-state index contributed by atoms with van der Waals surface area (Å²) in [5.74, 6) is 0. The van der Waals surface area contributed by atoms with Crippen molar-refractivity contribution in [2.45, 2.75) is 12.5 Å². The van der Waals surface area contributed by atoms with Gasteiger partial charge in [-0.3, -0.25) is 0 Å². The highest BCUT2D eigenvalue weighted by Gasteiger charge is 2.18. The third-order valence-corrected chi connectivity index (χ3v) is 2.45. The van der Waals surface area contributed by atoms with Gasteiger partial charge >= 0.3 is 0 Å². The molecular weight excluding hydrogens is 196 g/mol. The summed E-state index contributed by atoms with van der Waals surface area (Å²) in [5.41, 5.74) is 5.96. The molecule has 2 aromatic carbocycles. The van der Waals surface area contributed by atoms with Gasteiger partial charge in [-0.15, -0.1) is 0 Å². The summed E-state index contributed by atoms with van der Waals surface area (Å²) in [6, 6.07) is 11.5. The molecule has 2 rings (SSSR count). The molecule has 2 aromatic rings. The van der Waals surface area contributed by atoms with Crippen molar-refractivity contribution in [2.24, 2.45) is 5.73 Å². The molecule has 0 fully saturated rings. The SMILES string of the molecule is NC(c1cccc2ccccc12)C(F)F. The van der Waals surface area contributed by atoms with Gasteiger partial charge in [-0.1, -0.05) is 42.5 Å². The Labute approximate surface area is 86.5 Å². The van der Waals surface area contributed by atoms with E-state index in [-0.39, 0.29) is 0 Å². The molecule has 0 heterocycles. The molecule has 3 heteroatoms. The minimum absolute atomic E-state index is 0.503. The predicted octanol–water partition coefficient (Wildman–Crippen LogP) is 3.10. The number of halogens is 2. The van der Waals surface area contributed by atoms with Gasteiger partial charge in [0.1, 0.15) is 0 Å². The van der Waals surface area contributed by atoms with Crippen molar-refractivity contribution in [3.05, 3.63) is 48.0 Å². The first kappa shape index (κ1) is 10.1. The van der Waals surface area contributed by atoms with Crippen LogP contribution in [0.3, 0.4) is 0 Å². The highest BCUT2D eigenvalue weighted by Crippen LogP contribution is 2.26. The number of hydrogen-bond acceptors (Lipinski definition) is 1. The van der Waals surface area contributed by atoms with E-state index in [4.69, 9.17) is 5.73 Å².